The Hall–Kier alpha value is -2.54. The fourth-order valence-electron chi connectivity index (χ4n) is 2.24. The number of rotatable bonds is 3. The van der Waals surface area contributed by atoms with Gasteiger partial charge in [0.25, 0.3) is 11.8 Å². The molecule has 0 bridgehead atoms. The van der Waals surface area contributed by atoms with E-state index in [2.05, 4.69) is 4.98 Å². The summed E-state index contributed by atoms with van der Waals surface area (Å²) in [5, 5.41) is 9.44. The molecule has 2 heterocycles. The smallest absolute Gasteiger partial charge is 0.347 e. The summed E-state index contributed by atoms with van der Waals surface area (Å²) < 4.78 is 0. The van der Waals surface area contributed by atoms with E-state index in [0.717, 1.165) is 16.2 Å². The number of carboxylic acids is 1. The maximum atomic E-state index is 12.2. The fraction of sp³-hybridized carbons (Fsp3) is 0.143. The maximum Gasteiger partial charge on any atom is 0.347 e. The fourth-order valence-corrected chi connectivity index (χ4v) is 3.13. The van der Waals surface area contributed by atoms with Crippen molar-refractivity contribution in [2.24, 2.45) is 0 Å². The largest absolute Gasteiger partial charge is 0.477 e. The van der Waals surface area contributed by atoms with Crippen molar-refractivity contribution in [2.45, 2.75) is 13.5 Å². The topological polar surface area (TPSA) is 87.6 Å². The molecule has 2 amide bonds. The molecule has 106 valence electrons. The molecule has 6 nitrogen and oxygen atoms in total. The monoisotopic (exact) mass is 302 g/mol. The van der Waals surface area contributed by atoms with Gasteiger partial charge in [0, 0.05) is 0 Å². The third kappa shape index (κ3) is 2.11. The zero-order valence-corrected chi connectivity index (χ0v) is 11.8. The SMILES string of the molecule is Cc1nc(CN2C(=O)c3ccccc3C2=O)sc1C(=O)O. The molecule has 0 aliphatic carbocycles. The van der Waals surface area contributed by atoms with Gasteiger partial charge in [-0.2, -0.15) is 0 Å². The predicted octanol–water partition coefficient (Wildman–Crippen LogP) is 1.95. The van der Waals surface area contributed by atoms with Crippen molar-refractivity contribution in [3.63, 3.8) is 0 Å². The number of amides is 2. The lowest BCUT2D eigenvalue weighted by Gasteiger charge is -2.11. The van der Waals surface area contributed by atoms with Gasteiger partial charge in [0.2, 0.25) is 0 Å². The van der Waals surface area contributed by atoms with Crippen LogP contribution in [0.1, 0.15) is 41.1 Å². The quantitative estimate of drug-likeness (QED) is 0.875. The third-order valence-corrected chi connectivity index (χ3v) is 4.34. The van der Waals surface area contributed by atoms with E-state index < -0.39 is 5.97 Å². The van der Waals surface area contributed by atoms with Crippen molar-refractivity contribution in [1.29, 1.82) is 0 Å². The van der Waals surface area contributed by atoms with Gasteiger partial charge in [-0.15, -0.1) is 11.3 Å². The Kier molecular flexibility index (Phi) is 3.06. The van der Waals surface area contributed by atoms with Crippen LogP contribution in [-0.2, 0) is 6.54 Å². The number of carbonyl (C=O) groups excluding carboxylic acids is 2. The second-order valence-corrected chi connectivity index (χ2v) is 5.65. The van der Waals surface area contributed by atoms with Crippen molar-refractivity contribution in [1.82, 2.24) is 9.88 Å². The Morgan fingerprint density at radius 3 is 2.29 bits per heavy atom. The van der Waals surface area contributed by atoms with Crippen LogP contribution < -0.4 is 0 Å². The minimum atomic E-state index is -1.06. The van der Waals surface area contributed by atoms with E-state index in [1.165, 1.54) is 0 Å². The van der Waals surface area contributed by atoms with Crippen LogP contribution in [0.4, 0.5) is 0 Å². The summed E-state index contributed by atoms with van der Waals surface area (Å²) in [6.07, 6.45) is 0. The summed E-state index contributed by atoms with van der Waals surface area (Å²) in [4.78, 5) is 40.7. The highest BCUT2D eigenvalue weighted by Gasteiger charge is 2.35. The molecular formula is C14H10N2O4S. The summed E-state index contributed by atoms with van der Waals surface area (Å²) in [5.74, 6) is -1.81. The molecule has 0 saturated carbocycles. The first-order chi connectivity index (χ1) is 9.99. The molecule has 3 rings (SSSR count). The first-order valence-corrected chi connectivity index (χ1v) is 6.95. The number of imide groups is 1. The molecule has 1 aromatic carbocycles. The number of carboxylic acid groups (broad SMARTS) is 1. The van der Waals surface area contributed by atoms with E-state index in [1.54, 1.807) is 31.2 Å². The number of hydrogen-bond acceptors (Lipinski definition) is 5. The van der Waals surface area contributed by atoms with Gasteiger partial charge in [0.15, 0.2) is 0 Å². The van der Waals surface area contributed by atoms with Crippen LogP contribution in [0.25, 0.3) is 0 Å². The molecule has 0 radical (unpaired) electrons. The van der Waals surface area contributed by atoms with Crippen LogP contribution in [-0.4, -0.2) is 32.8 Å². The van der Waals surface area contributed by atoms with Gasteiger partial charge in [-0.25, -0.2) is 9.78 Å². The molecule has 1 aromatic heterocycles. The highest BCUT2D eigenvalue weighted by molar-refractivity contribution is 7.13. The normalized spacial score (nSPS) is 13.7. The van der Waals surface area contributed by atoms with Crippen LogP contribution in [0.3, 0.4) is 0 Å². The van der Waals surface area contributed by atoms with E-state index in [-0.39, 0.29) is 23.2 Å². The molecule has 0 unspecified atom stereocenters. The number of aromatic nitrogens is 1. The Labute approximate surface area is 123 Å². The van der Waals surface area contributed by atoms with Gasteiger partial charge in [-0.3, -0.25) is 14.5 Å². The summed E-state index contributed by atoms with van der Waals surface area (Å²) in [6, 6.07) is 6.60. The number of benzene rings is 1. The Bertz CT molecular complexity index is 746. The zero-order chi connectivity index (χ0) is 15.1. The van der Waals surface area contributed by atoms with Gasteiger partial charge in [-0.05, 0) is 19.1 Å². The molecule has 7 heteroatoms. The second-order valence-electron chi connectivity index (χ2n) is 4.57. The number of carbonyl (C=O) groups is 3. The van der Waals surface area contributed by atoms with Crippen LogP contribution >= 0.6 is 11.3 Å². The van der Waals surface area contributed by atoms with Crippen molar-refractivity contribution < 1.29 is 19.5 Å². The van der Waals surface area contributed by atoms with Gasteiger partial charge in [0.05, 0.1) is 23.4 Å². The molecule has 0 spiro atoms. The lowest BCUT2D eigenvalue weighted by molar-refractivity contribution is 0.0639. The van der Waals surface area contributed by atoms with Crippen LogP contribution in [0.5, 0.6) is 0 Å². The molecule has 2 aromatic rings. The molecular weight excluding hydrogens is 292 g/mol. The third-order valence-electron chi connectivity index (χ3n) is 3.21. The Morgan fingerprint density at radius 1 is 1.24 bits per heavy atom. The first-order valence-electron chi connectivity index (χ1n) is 6.14. The number of fused-ring (bicyclic) bond motifs is 1. The molecule has 0 saturated heterocycles. The lowest BCUT2D eigenvalue weighted by atomic mass is 10.1. The predicted molar refractivity (Wildman–Crippen MR) is 74.5 cm³/mol. The Morgan fingerprint density at radius 2 is 1.81 bits per heavy atom. The number of thiazole rings is 1. The number of aryl methyl sites for hydroxylation is 1. The zero-order valence-electron chi connectivity index (χ0n) is 11.0. The molecule has 1 N–H and O–H groups in total. The van der Waals surface area contributed by atoms with Gasteiger partial charge < -0.3 is 5.11 Å². The van der Waals surface area contributed by atoms with Gasteiger partial charge >= 0.3 is 5.97 Å². The number of hydrogen-bond donors (Lipinski definition) is 1. The van der Waals surface area contributed by atoms with Gasteiger partial charge in [0.1, 0.15) is 9.88 Å². The first kappa shape index (κ1) is 13.4. The van der Waals surface area contributed by atoms with E-state index in [9.17, 15) is 14.4 Å². The summed E-state index contributed by atoms with van der Waals surface area (Å²) in [7, 11) is 0. The Balaban J connectivity index is 1.90. The molecule has 1 aliphatic heterocycles. The van der Waals surface area contributed by atoms with Gasteiger partial charge in [-0.1, -0.05) is 12.1 Å². The average Bonchev–Trinajstić information content (AvgIpc) is 2.94. The van der Waals surface area contributed by atoms with E-state index in [1.807, 2.05) is 0 Å². The summed E-state index contributed by atoms with van der Waals surface area (Å²) in [6.45, 7) is 1.58. The number of nitrogens with zero attached hydrogens (tertiary/aromatic N) is 2. The highest BCUT2D eigenvalue weighted by atomic mass is 32.1. The molecule has 21 heavy (non-hydrogen) atoms. The molecule has 1 aliphatic rings. The van der Waals surface area contributed by atoms with Crippen molar-refractivity contribution in [3.05, 3.63) is 51.0 Å². The maximum absolute atomic E-state index is 12.2. The van der Waals surface area contributed by atoms with Crippen molar-refractivity contribution in [2.75, 3.05) is 0 Å². The van der Waals surface area contributed by atoms with E-state index >= 15 is 0 Å². The van der Waals surface area contributed by atoms with E-state index in [4.69, 9.17) is 5.11 Å². The van der Waals surface area contributed by atoms with Crippen LogP contribution in [0.15, 0.2) is 24.3 Å². The second kappa shape index (κ2) is 4.78. The average molecular weight is 302 g/mol. The summed E-state index contributed by atoms with van der Waals surface area (Å²) in [5.41, 5.74) is 1.13. The van der Waals surface area contributed by atoms with Crippen LogP contribution in [0, 0.1) is 6.92 Å². The standard InChI is InChI=1S/C14H10N2O4S/c1-7-11(14(19)20)21-10(15-7)6-16-12(17)8-4-2-3-5-9(8)13(16)18/h2-5H,6H2,1H3,(H,19,20). The number of aromatic carboxylic acids is 1. The lowest BCUT2D eigenvalue weighted by Crippen LogP contribution is -2.29. The van der Waals surface area contributed by atoms with Crippen molar-refractivity contribution in [3.8, 4) is 0 Å². The highest BCUT2D eigenvalue weighted by Crippen LogP contribution is 2.26. The molecule has 0 atom stereocenters. The van der Waals surface area contributed by atoms with Crippen LogP contribution in [0.2, 0.25) is 0 Å². The summed E-state index contributed by atoms with van der Waals surface area (Å²) >= 11 is 0.980. The minimum Gasteiger partial charge on any atom is -0.477 e. The van der Waals surface area contributed by atoms with Crippen molar-refractivity contribution >= 4 is 29.1 Å². The van der Waals surface area contributed by atoms with E-state index in [0.29, 0.717) is 21.8 Å². The minimum absolute atomic E-state index is 0.00880. The molecule has 0 fully saturated rings.